The molecule has 1 saturated heterocycles. The van der Waals surface area contributed by atoms with E-state index in [1.54, 1.807) is 17.5 Å². The molecule has 6 nitrogen and oxygen atoms in total. The molecule has 4 heterocycles. The fourth-order valence-electron chi connectivity index (χ4n) is 3.12. The van der Waals surface area contributed by atoms with E-state index < -0.39 is 0 Å². The first-order valence-corrected chi connectivity index (χ1v) is 10.2. The number of amides is 1. The first kappa shape index (κ1) is 17.1. The molecule has 0 bridgehead atoms. The second kappa shape index (κ2) is 7.13. The summed E-state index contributed by atoms with van der Waals surface area (Å²) in [6, 6.07) is 5.78. The van der Waals surface area contributed by atoms with Crippen LogP contribution in [0.15, 0.2) is 29.8 Å². The molecule has 1 atom stereocenters. The highest BCUT2D eigenvalue weighted by Crippen LogP contribution is 2.29. The molecule has 1 unspecified atom stereocenters. The van der Waals surface area contributed by atoms with E-state index in [1.807, 2.05) is 37.4 Å². The minimum Gasteiger partial charge on any atom is -0.347 e. The first-order valence-electron chi connectivity index (χ1n) is 8.47. The highest BCUT2D eigenvalue weighted by molar-refractivity contribution is 7.15. The fourth-order valence-corrected chi connectivity index (χ4v) is 4.64. The van der Waals surface area contributed by atoms with Gasteiger partial charge < -0.3 is 10.2 Å². The van der Waals surface area contributed by atoms with E-state index >= 15 is 0 Å². The van der Waals surface area contributed by atoms with Crippen molar-refractivity contribution in [2.24, 2.45) is 0 Å². The summed E-state index contributed by atoms with van der Waals surface area (Å²) in [5.41, 5.74) is 1.91. The molecule has 3 aromatic rings. The molecule has 1 fully saturated rings. The van der Waals surface area contributed by atoms with Crippen molar-refractivity contribution in [3.8, 4) is 10.6 Å². The number of carbonyl (C=O) groups excluding carboxylic acids is 1. The zero-order valence-electron chi connectivity index (χ0n) is 14.6. The maximum absolute atomic E-state index is 12.2. The summed E-state index contributed by atoms with van der Waals surface area (Å²) in [5.74, 6) is 0.707. The molecule has 4 rings (SSSR count). The third-order valence-corrected chi connectivity index (χ3v) is 6.29. The number of nitrogens with one attached hydrogen (secondary N) is 1. The Morgan fingerprint density at radius 2 is 2.19 bits per heavy atom. The summed E-state index contributed by atoms with van der Waals surface area (Å²) in [7, 11) is 0. The zero-order valence-corrected chi connectivity index (χ0v) is 16.2. The van der Waals surface area contributed by atoms with Crippen molar-refractivity contribution in [2.75, 3.05) is 18.0 Å². The Morgan fingerprint density at radius 1 is 1.31 bits per heavy atom. The van der Waals surface area contributed by atoms with Gasteiger partial charge in [0.25, 0.3) is 5.91 Å². The molecular weight excluding hydrogens is 366 g/mol. The Bertz CT molecular complexity index is 922. The Labute approximate surface area is 160 Å². The molecule has 26 heavy (non-hydrogen) atoms. The first-order chi connectivity index (χ1) is 12.6. The van der Waals surface area contributed by atoms with Crippen molar-refractivity contribution in [1.29, 1.82) is 0 Å². The van der Waals surface area contributed by atoms with Crippen molar-refractivity contribution in [3.05, 3.63) is 45.4 Å². The predicted molar refractivity (Wildman–Crippen MR) is 105 cm³/mol. The minimum atomic E-state index is -0.00252. The Hall–Kier alpha value is -2.32. The quantitative estimate of drug-likeness (QED) is 0.746. The van der Waals surface area contributed by atoms with Gasteiger partial charge in [0.2, 0.25) is 5.95 Å². The number of thiophene rings is 1. The van der Waals surface area contributed by atoms with Gasteiger partial charge in [0.15, 0.2) is 0 Å². The molecule has 0 aromatic carbocycles. The smallest absolute Gasteiger partial charge is 0.261 e. The fraction of sp³-hybridized carbons (Fsp3) is 0.333. The standard InChI is InChI=1S/C18H19N5OS2/c1-11-16(26-12(2)20-11)14-5-7-19-18(22-14)23-8-6-13(10-23)21-17(24)15-4-3-9-25-15/h3-5,7,9,13H,6,8,10H2,1-2H3,(H,21,24). The lowest BCUT2D eigenvalue weighted by Crippen LogP contribution is -2.37. The largest absolute Gasteiger partial charge is 0.347 e. The lowest BCUT2D eigenvalue weighted by atomic mass is 10.2. The van der Waals surface area contributed by atoms with Crippen LogP contribution in [0.1, 0.15) is 26.8 Å². The van der Waals surface area contributed by atoms with E-state index in [0.717, 1.165) is 45.7 Å². The van der Waals surface area contributed by atoms with Gasteiger partial charge in [0.1, 0.15) is 0 Å². The van der Waals surface area contributed by atoms with Gasteiger partial charge in [-0.15, -0.1) is 22.7 Å². The van der Waals surface area contributed by atoms with Gasteiger partial charge in [-0.1, -0.05) is 6.07 Å². The van der Waals surface area contributed by atoms with E-state index in [-0.39, 0.29) is 11.9 Å². The van der Waals surface area contributed by atoms with Gasteiger partial charge in [0.05, 0.1) is 26.1 Å². The third kappa shape index (κ3) is 3.47. The summed E-state index contributed by atoms with van der Waals surface area (Å²) in [6.07, 6.45) is 2.69. The van der Waals surface area contributed by atoms with Gasteiger partial charge in [-0.3, -0.25) is 4.79 Å². The molecule has 134 valence electrons. The molecule has 1 N–H and O–H groups in total. The monoisotopic (exact) mass is 385 g/mol. The second-order valence-electron chi connectivity index (χ2n) is 6.27. The van der Waals surface area contributed by atoms with E-state index in [1.165, 1.54) is 11.3 Å². The lowest BCUT2D eigenvalue weighted by molar-refractivity contribution is 0.0944. The van der Waals surface area contributed by atoms with Crippen LogP contribution in [0.5, 0.6) is 0 Å². The summed E-state index contributed by atoms with van der Waals surface area (Å²) in [4.78, 5) is 29.9. The van der Waals surface area contributed by atoms with Gasteiger partial charge in [-0.25, -0.2) is 15.0 Å². The summed E-state index contributed by atoms with van der Waals surface area (Å²) < 4.78 is 0. The predicted octanol–water partition coefficient (Wildman–Crippen LogP) is 3.29. The lowest BCUT2D eigenvalue weighted by Gasteiger charge is -2.17. The molecule has 1 amide bonds. The van der Waals surface area contributed by atoms with Crippen molar-refractivity contribution >= 4 is 34.5 Å². The summed E-state index contributed by atoms with van der Waals surface area (Å²) in [5, 5.41) is 6.06. The van der Waals surface area contributed by atoms with Crippen LogP contribution in [0.3, 0.4) is 0 Å². The average molecular weight is 386 g/mol. The number of carbonyl (C=O) groups is 1. The molecule has 1 aliphatic heterocycles. The molecule has 1 aliphatic rings. The number of hydrogen-bond donors (Lipinski definition) is 1. The van der Waals surface area contributed by atoms with Crippen molar-refractivity contribution in [3.63, 3.8) is 0 Å². The number of rotatable bonds is 4. The molecule has 0 saturated carbocycles. The van der Waals surface area contributed by atoms with E-state index in [0.29, 0.717) is 5.95 Å². The zero-order chi connectivity index (χ0) is 18.1. The number of nitrogens with zero attached hydrogens (tertiary/aromatic N) is 4. The minimum absolute atomic E-state index is 0.00252. The van der Waals surface area contributed by atoms with Crippen LogP contribution in [0.2, 0.25) is 0 Å². The van der Waals surface area contributed by atoms with Crippen LogP contribution in [0, 0.1) is 13.8 Å². The van der Waals surface area contributed by atoms with Crippen molar-refractivity contribution in [1.82, 2.24) is 20.3 Å². The normalized spacial score (nSPS) is 16.8. The summed E-state index contributed by atoms with van der Waals surface area (Å²) in [6.45, 7) is 5.57. The SMILES string of the molecule is Cc1nc(C)c(-c2ccnc(N3CCC(NC(=O)c4cccs4)C3)n2)s1. The highest BCUT2D eigenvalue weighted by atomic mass is 32.1. The van der Waals surface area contributed by atoms with Gasteiger partial charge >= 0.3 is 0 Å². The number of aromatic nitrogens is 3. The van der Waals surface area contributed by atoms with Crippen LogP contribution >= 0.6 is 22.7 Å². The Kier molecular flexibility index (Phi) is 4.69. The maximum Gasteiger partial charge on any atom is 0.261 e. The average Bonchev–Trinajstić information content (AvgIpc) is 3.36. The molecule has 3 aromatic heterocycles. The van der Waals surface area contributed by atoms with Crippen LogP contribution in [-0.2, 0) is 0 Å². The van der Waals surface area contributed by atoms with Crippen LogP contribution in [0.25, 0.3) is 10.6 Å². The highest BCUT2D eigenvalue weighted by Gasteiger charge is 2.26. The van der Waals surface area contributed by atoms with Gasteiger partial charge in [-0.05, 0) is 37.8 Å². The van der Waals surface area contributed by atoms with Crippen molar-refractivity contribution < 1.29 is 4.79 Å². The van der Waals surface area contributed by atoms with Gasteiger partial charge in [-0.2, -0.15) is 0 Å². The topological polar surface area (TPSA) is 71.0 Å². The molecule has 8 heteroatoms. The number of aryl methyl sites for hydroxylation is 2. The van der Waals surface area contributed by atoms with Gasteiger partial charge in [0, 0.05) is 25.3 Å². The van der Waals surface area contributed by atoms with E-state index in [4.69, 9.17) is 4.98 Å². The molecular formula is C18H19N5OS2. The number of thiazole rings is 1. The molecule has 0 spiro atoms. The second-order valence-corrected chi connectivity index (χ2v) is 8.42. The van der Waals surface area contributed by atoms with Crippen LogP contribution in [-0.4, -0.2) is 40.0 Å². The van der Waals surface area contributed by atoms with Crippen molar-refractivity contribution in [2.45, 2.75) is 26.3 Å². The maximum atomic E-state index is 12.2. The third-order valence-electron chi connectivity index (χ3n) is 4.33. The molecule has 0 radical (unpaired) electrons. The number of hydrogen-bond acceptors (Lipinski definition) is 7. The number of anilines is 1. The molecule has 0 aliphatic carbocycles. The summed E-state index contributed by atoms with van der Waals surface area (Å²) >= 11 is 3.11. The van der Waals surface area contributed by atoms with E-state index in [2.05, 4.69) is 20.2 Å². The van der Waals surface area contributed by atoms with Crippen LogP contribution in [0.4, 0.5) is 5.95 Å². The Morgan fingerprint density at radius 3 is 2.92 bits per heavy atom. The van der Waals surface area contributed by atoms with E-state index in [9.17, 15) is 4.79 Å². The van der Waals surface area contributed by atoms with Crippen LogP contribution < -0.4 is 10.2 Å². The Balaban J connectivity index is 1.46.